The van der Waals surface area contributed by atoms with Gasteiger partial charge in [-0.25, -0.2) is 8.42 Å². The Hall–Kier alpha value is -1.17. The number of alkyl halides is 2. The van der Waals surface area contributed by atoms with Crippen LogP contribution in [0.3, 0.4) is 0 Å². The number of anilines is 1. The highest BCUT2D eigenvalue weighted by Crippen LogP contribution is 2.40. The Kier molecular flexibility index (Phi) is 3.00. The highest BCUT2D eigenvalue weighted by molar-refractivity contribution is 7.91. The topological polar surface area (TPSA) is 37.4 Å². The van der Waals surface area contributed by atoms with Crippen molar-refractivity contribution in [2.75, 3.05) is 11.4 Å². The number of halogens is 2. The van der Waals surface area contributed by atoms with Crippen LogP contribution in [0.5, 0.6) is 0 Å². The second-order valence-corrected chi connectivity index (χ2v) is 7.20. The molecular formula is C13H15F2NO2S. The van der Waals surface area contributed by atoms with Gasteiger partial charge in [0.15, 0.2) is 0 Å². The minimum absolute atomic E-state index is 0.310. The summed E-state index contributed by atoms with van der Waals surface area (Å²) in [5.74, 6) is -2.63. The second kappa shape index (κ2) is 4.44. The third-order valence-electron chi connectivity index (χ3n) is 4.14. The predicted octanol–water partition coefficient (Wildman–Crippen LogP) is 2.67. The summed E-state index contributed by atoms with van der Waals surface area (Å²) in [6, 6.07) is 6.36. The van der Waals surface area contributed by atoms with Crippen molar-refractivity contribution in [3.63, 3.8) is 0 Å². The molecule has 2 bridgehead atoms. The maximum Gasteiger partial charge on any atom is 0.341 e. The van der Waals surface area contributed by atoms with E-state index < -0.39 is 15.6 Å². The molecular weight excluding hydrogens is 272 g/mol. The monoisotopic (exact) mass is 287 g/mol. The van der Waals surface area contributed by atoms with Gasteiger partial charge in [0.05, 0.1) is 4.90 Å². The zero-order valence-corrected chi connectivity index (χ0v) is 11.1. The van der Waals surface area contributed by atoms with Gasteiger partial charge in [0.2, 0.25) is 9.84 Å². The van der Waals surface area contributed by atoms with Crippen molar-refractivity contribution >= 4 is 15.5 Å². The zero-order valence-electron chi connectivity index (χ0n) is 10.3. The van der Waals surface area contributed by atoms with Crippen molar-refractivity contribution in [2.24, 2.45) is 5.92 Å². The van der Waals surface area contributed by atoms with Crippen LogP contribution in [0.1, 0.15) is 19.3 Å². The van der Waals surface area contributed by atoms with Crippen molar-refractivity contribution in [2.45, 2.75) is 36.0 Å². The molecule has 0 radical (unpaired) electrons. The van der Waals surface area contributed by atoms with Crippen molar-refractivity contribution in [3.8, 4) is 0 Å². The van der Waals surface area contributed by atoms with Crippen LogP contribution in [0.15, 0.2) is 29.2 Å². The molecule has 2 aliphatic rings. The van der Waals surface area contributed by atoms with E-state index in [-0.39, 0.29) is 4.90 Å². The number of piperidine rings is 1. The molecule has 0 amide bonds. The van der Waals surface area contributed by atoms with E-state index in [2.05, 4.69) is 4.90 Å². The van der Waals surface area contributed by atoms with Crippen LogP contribution >= 0.6 is 0 Å². The summed E-state index contributed by atoms with van der Waals surface area (Å²) in [4.78, 5) is 1.95. The third-order valence-corrected chi connectivity index (χ3v) is 5.54. The normalized spacial score (nSPS) is 26.4. The molecule has 1 aliphatic heterocycles. The lowest BCUT2D eigenvalue weighted by molar-refractivity contribution is 0.234. The number of nitrogens with zero attached hydrogens (tertiary/aromatic N) is 1. The van der Waals surface area contributed by atoms with Gasteiger partial charge in [-0.05, 0) is 49.4 Å². The molecule has 3 nitrogen and oxygen atoms in total. The Labute approximate surface area is 111 Å². The first kappa shape index (κ1) is 12.8. The van der Waals surface area contributed by atoms with E-state index in [9.17, 15) is 17.2 Å². The van der Waals surface area contributed by atoms with Crippen LogP contribution in [-0.4, -0.2) is 26.8 Å². The molecule has 2 atom stereocenters. The van der Waals surface area contributed by atoms with Crippen LogP contribution < -0.4 is 4.90 Å². The van der Waals surface area contributed by atoms with Gasteiger partial charge >= 0.3 is 5.76 Å². The number of rotatable bonds is 3. The van der Waals surface area contributed by atoms with Gasteiger partial charge in [-0.15, -0.1) is 0 Å². The molecule has 19 heavy (non-hydrogen) atoms. The molecule has 2 unspecified atom stereocenters. The van der Waals surface area contributed by atoms with E-state index in [1.54, 1.807) is 12.1 Å². The summed E-state index contributed by atoms with van der Waals surface area (Å²) < 4.78 is 47.5. The predicted molar refractivity (Wildman–Crippen MR) is 68.1 cm³/mol. The average molecular weight is 287 g/mol. The first-order chi connectivity index (χ1) is 8.98. The van der Waals surface area contributed by atoms with E-state index in [4.69, 9.17) is 0 Å². The Morgan fingerprint density at radius 1 is 1.16 bits per heavy atom. The van der Waals surface area contributed by atoms with Crippen molar-refractivity contribution in [1.29, 1.82) is 0 Å². The third kappa shape index (κ3) is 2.12. The van der Waals surface area contributed by atoms with Gasteiger partial charge in [-0.3, -0.25) is 0 Å². The number of benzene rings is 1. The minimum Gasteiger partial charge on any atom is -0.368 e. The van der Waals surface area contributed by atoms with Gasteiger partial charge in [0.1, 0.15) is 0 Å². The lowest BCUT2D eigenvalue weighted by Gasteiger charge is -2.29. The number of hydrogen-bond donors (Lipinski definition) is 0. The van der Waals surface area contributed by atoms with Gasteiger partial charge in [-0.2, -0.15) is 8.78 Å². The first-order valence-corrected chi connectivity index (χ1v) is 7.92. The van der Waals surface area contributed by atoms with Crippen LogP contribution in [-0.2, 0) is 9.84 Å². The zero-order chi connectivity index (χ0) is 13.6. The minimum atomic E-state index is -4.48. The summed E-state index contributed by atoms with van der Waals surface area (Å²) in [5, 5.41) is 0. The summed E-state index contributed by atoms with van der Waals surface area (Å²) in [5.41, 5.74) is 0.931. The maximum atomic E-state index is 12.4. The molecule has 104 valence electrons. The number of fused-ring (bicyclic) bond motifs is 2. The summed E-state index contributed by atoms with van der Waals surface area (Å²) in [6.07, 6.45) is 3.62. The van der Waals surface area contributed by atoms with Gasteiger partial charge < -0.3 is 4.90 Å². The van der Waals surface area contributed by atoms with E-state index in [0.29, 0.717) is 6.04 Å². The van der Waals surface area contributed by atoms with Crippen LogP contribution in [0.25, 0.3) is 0 Å². The Morgan fingerprint density at radius 3 is 2.32 bits per heavy atom. The molecule has 1 saturated carbocycles. The van der Waals surface area contributed by atoms with Gasteiger partial charge in [0, 0.05) is 18.3 Å². The first-order valence-electron chi connectivity index (χ1n) is 6.37. The summed E-state index contributed by atoms with van der Waals surface area (Å²) in [7, 11) is -4.48. The van der Waals surface area contributed by atoms with E-state index in [1.165, 1.54) is 31.4 Å². The number of hydrogen-bond acceptors (Lipinski definition) is 3. The molecule has 1 aromatic carbocycles. The molecule has 0 N–H and O–H groups in total. The molecule has 1 aromatic rings. The SMILES string of the molecule is O=S(=O)(c1ccc(N2CC3CCC2C3)cc1)C(F)F. The molecule has 2 fully saturated rings. The Bertz CT molecular complexity index is 571. The fourth-order valence-electron chi connectivity index (χ4n) is 3.17. The number of sulfone groups is 1. The van der Waals surface area contributed by atoms with Crippen molar-refractivity contribution < 1.29 is 17.2 Å². The van der Waals surface area contributed by atoms with Crippen molar-refractivity contribution in [3.05, 3.63) is 24.3 Å². The van der Waals surface area contributed by atoms with Crippen LogP contribution in [0.4, 0.5) is 14.5 Å². The standard InChI is InChI=1S/C13H15F2NO2S/c14-13(15)19(17,18)12-5-3-10(4-6-12)16-8-9-1-2-11(16)7-9/h3-6,9,11,13H,1-2,7-8H2. The Morgan fingerprint density at radius 2 is 1.84 bits per heavy atom. The second-order valence-electron chi connectivity index (χ2n) is 5.28. The van der Waals surface area contributed by atoms with E-state index in [1.807, 2.05) is 0 Å². The Balaban J connectivity index is 1.84. The van der Waals surface area contributed by atoms with Gasteiger partial charge in [0.25, 0.3) is 0 Å². The average Bonchev–Trinajstić information content (AvgIpc) is 3.01. The molecule has 1 heterocycles. The largest absolute Gasteiger partial charge is 0.368 e. The molecule has 1 aliphatic carbocycles. The molecule has 3 rings (SSSR count). The molecule has 0 aromatic heterocycles. The molecule has 6 heteroatoms. The smallest absolute Gasteiger partial charge is 0.341 e. The maximum absolute atomic E-state index is 12.4. The van der Waals surface area contributed by atoms with E-state index >= 15 is 0 Å². The summed E-state index contributed by atoms with van der Waals surface area (Å²) >= 11 is 0. The van der Waals surface area contributed by atoms with Crippen LogP contribution in [0, 0.1) is 5.92 Å². The highest BCUT2D eigenvalue weighted by atomic mass is 32.2. The van der Waals surface area contributed by atoms with Crippen molar-refractivity contribution in [1.82, 2.24) is 0 Å². The molecule has 1 saturated heterocycles. The van der Waals surface area contributed by atoms with Gasteiger partial charge in [-0.1, -0.05) is 0 Å². The molecule has 0 spiro atoms. The fourth-order valence-corrected chi connectivity index (χ4v) is 3.89. The fraction of sp³-hybridized carbons (Fsp3) is 0.538. The quantitative estimate of drug-likeness (QED) is 0.857. The lowest BCUT2D eigenvalue weighted by Crippen LogP contribution is -2.31. The van der Waals surface area contributed by atoms with E-state index in [0.717, 1.165) is 18.2 Å². The summed E-state index contributed by atoms with van der Waals surface area (Å²) in [6.45, 7) is 0.992. The highest BCUT2D eigenvalue weighted by Gasteiger charge is 2.37. The lowest BCUT2D eigenvalue weighted by atomic mass is 10.1. The van der Waals surface area contributed by atoms with Crippen LogP contribution in [0.2, 0.25) is 0 Å².